The van der Waals surface area contributed by atoms with Crippen LogP contribution in [0.3, 0.4) is 0 Å². The molecule has 3 rings (SSSR count). The summed E-state index contributed by atoms with van der Waals surface area (Å²) >= 11 is 0.956. The van der Waals surface area contributed by atoms with E-state index in [0.29, 0.717) is 35.1 Å². The van der Waals surface area contributed by atoms with Crippen molar-refractivity contribution in [1.82, 2.24) is 14.8 Å². The van der Waals surface area contributed by atoms with Gasteiger partial charge in [0, 0.05) is 31.9 Å². The second kappa shape index (κ2) is 9.96. The number of thiazole rings is 1. The first-order valence-electron chi connectivity index (χ1n) is 10.5. The molecule has 0 spiro atoms. The van der Waals surface area contributed by atoms with Gasteiger partial charge in [-0.05, 0) is 41.7 Å². The lowest BCUT2D eigenvalue weighted by Crippen LogP contribution is -2.23. The molecule has 1 aromatic heterocycles. The quantitative estimate of drug-likeness (QED) is 0.590. The number of hydrogen-bond donors (Lipinski definition) is 1. The van der Waals surface area contributed by atoms with Crippen molar-refractivity contribution in [2.45, 2.75) is 39.8 Å². The van der Waals surface area contributed by atoms with E-state index in [1.54, 1.807) is 37.7 Å². The van der Waals surface area contributed by atoms with Gasteiger partial charge in [0.2, 0.25) is 0 Å². The van der Waals surface area contributed by atoms with E-state index in [0.717, 1.165) is 22.5 Å². The molecule has 0 saturated heterocycles. The molecule has 0 aliphatic heterocycles. The van der Waals surface area contributed by atoms with E-state index in [9.17, 15) is 14.4 Å². The van der Waals surface area contributed by atoms with Crippen LogP contribution in [-0.2, 0) is 13.1 Å². The van der Waals surface area contributed by atoms with Crippen LogP contribution in [-0.4, -0.2) is 35.4 Å². The van der Waals surface area contributed by atoms with E-state index < -0.39 is 0 Å². The van der Waals surface area contributed by atoms with Crippen LogP contribution in [0.2, 0.25) is 0 Å². The molecule has 0 radical (unpaired) electrons. The normalized spacial score (nSPS) is 10.9. The maximum atomic E-state index is 12.7. The molecule has 168 valence electrons. The molecule has 0 saturated carbocycles. The molecule has 0 fully saturated rings. The first-order valence-corrected chi connectivity index (χ1v) is 11.4. The molecule has 7 heteroatoms. The second-order valence-corrected chi connectivity index (χ2v) is 9.31. The fourth-order valence-electron chi connectivity index (χ4n) is 3.35. The van der Waals surface area contributed by atoms with Crippen molar-refractivity contribution in [1.29, 1.82) is 0 Å². The van der Waals surface area contributed by atoms with Crippen LogP contribution in [0.1, 0.15) is 62.2 Å². The fourth-order valence-corrected chi connectivity index (χ4v) is 4.26. The molecule has 6 nitrogen and oxygen atoms in total. The zero-order valence-corrected chi connectivity index (χ0v) is 20.0. The number of rotatable bonds is 7. The molecular formula is C25H29N3O3S. The van der Waals surface area contributed by atoms with Gasteiger partial charge < -0.3 is 10.2 Å². The molecular weight excluding hydrogens is 422 g/mol. The Morgan fingerprint density at radius 1 is 1.00 bits per heavy atom. The Morgan fingerprint density at radius 3 is 2.16 bits per heavy atom. The van der Waals surface area contributed by atoms with Gasteiger partial charge in [-0.15, -0.1) is 0 Å². The highest BCUT2D eigenvalue weighted by Gasteiger charge is 2.18. The van der Waals surface area contributed by atoms with Gasteiger partial charge in [-0.3, -0.25) is 19.0 Å². The minimum Gasteiger partial charge on any atom is -0.347 e. The molecule has 1 N–H and O–H groups in total. The van der Waals surface area contributed by atoms with Gasteiger partial charge in [0.25, 0.3) is 11.8 Å². The third-order valence-electron chi connectivity index (χ3n) is 5.40. The van der Waals surface area contributed by atoms with E-state index >= 15 is 0 Å². The van der Waals surface area contributed by atoms with E-state index in [1.165, 1.54) is 10.5 Å². The molecule has 0 aliphatic rings. The number of benzene rings is 2. The number of amides is 2. The van der Waals surface area contributed by atoms with Crippen molar-refractivity contribution < 1.29 is 9.59 Å². The number of nitrogens with zero attached hydrogens (tertiary/aromatic N) is 2. The summed E-state index contributed by atoms with van der Waals surface area (Å²) in [5, 5.41) is 2.92. The van der Waals surface area contributed by atoms with Crippen molar-refractivity contribution in [2.75, 3.05) is 14.1 Å². The van der Waals surface area contributed by atoms with Gasteiger partial charge in [0.15, 0.2) is 0 Å². The summed E-state index contributed by atoms with van der Waals surface area (Å²) in [6.07, 6.45) is 0. The molecule has 3 aromatic rings. The van der Waals surface area contributed by atoms with Crippen LogP contribution < -0.4 is 10.2 Å². The second-order valence-electron chi connectivity index (χ2n) is 8.34. The van der Waals surface area contributed by atoms with E-state index in [1.807, 2.05) is 24.3 Å². The average Bonchev–Trinajstić information content (AvgIpc) is 3.06. The van der Waals surface area contributed by atoms with Crippen LogP contribution in [0.25, 0.3) is 0 Å². The van der Waals surface area contributed by atoms with Gasteiger partial charge in [0.05, 0.1) is 6.54 Å². The fraction of sp³-hybridized carbons (Fsp3) is 0.320. The monoisotopic (exact) mass is 451 g/mol. The number of hydrogen-bond acceptors (Lipinski definition) is 4. The Labute approximate surface area is 192 Å². The predicted molar refractivity (Wildman–Crippen MR) is 129 cm³/mol. The maximum Gasteiger partial charge on any atom is 0.308 e. The minimum atomic E-state index is -0.247. The summed E-state index contributed by atoms with van der Waals surface area (Å²) in [7, 11) is 3.41. The summed E-state index contributed by atoms with van der Waals surface area (Å²) in [5.41, 5.74) is 4.39. The largest absolute Gasteiger partial charge is 0.347 e. The van der Waals surface area contributed by atoms with Crippen molar-refractivity contribution >= 4 is 23.2 Å². The van der Waals surface area contributed by atoms with Crippen LogP contribution in [0.5, 0.6) is 0 Å². The topological polar surface area (TPSA) is 71.4 Å². The lowest BCUT2D eigenvalue weighted by molar-refractivity contribution is 0.0827. The van der Waals surface area contributed by atoms with Crippen molar-refractivity contribution in [3.8, 4) is 0 Å². The molecule has 0 aliphatic carbocycles. The van der Waals surface area contributed by atoms with Crippen molar-refractivity contribution in [3.63, 3.8) is 0 Å². The van der Waals surface area contributed by atoms with Crippen molar-refractivity contribution in [2.24, 2.45) is 0 Å². The Morgan fingerprint density at radius 2 is 1.59 bits per heavy atom. The van der Waals surface area contributed by atoms with Crippen LogP contribution >= 0.6 is 11.3 Å². The predicted octanol–water partition coefficient (Wildman–Crippen LogP) is 4.02. The SMILES string of the molecule is Cc1c(C(=O)NCc2ccc(C(C)C)cc2)sc(=O)n1Cc1ccc(C(=O)N(C)C)cc1. The summed E-state index contributed by atoms with van der Waals surface area (Å²) in [6, 6.07) is 15.3. The van der Waals surface area contributed by atoms with E-state index in [2.05, 4.69) is 31.3 Å². The Kier molecular flexibility index (Phi) is 7.30. The highest BCUT2D eigenvalue weighted by molar-refractivity contribution is 7.11. The highest BCUT2D eigenvalue weighted by atomic mass is 32.1. The Hall–Kier alpha value is -3.19. The standard InChI is InChI=1S/C25H29N3O3S/c1-16(2)20-10-6-18(7-11-20)14-26-23(29)22-17(3)28(25(31)32-22)15-19-8-12-21(13-9-19)24(30)27(4)5/h6-13,16H,14-15H2,1-5H3,(H,26,29). The Balaban J connectivity index is 1.69. The van der Waals surface area contributed by atoms with E-state index in [-0.39, 0.29) is 16.7 Å². The maximum absolute atomic E-state index is 12.7. The number of carbonyl (C=O) groups excluding carboxylic acids is 2. The number of aromatic nitrogens is 1. The van der Waals surface area contributed by atoms with Gasteiger partial charge in [-0.2, -0.15) is 0 Å². The minimum absolute atomic E-state index is 0.0711. The summed E-state index contributed by atoms with van der Waals surface area (Å²) in [6.45, 7) is 6.83. The molecule has 2 amide bonds. The molecule has 0 unspecified atom stereocenters. The first kappa shape index (κ1) is 23.5. The van der Waals surface area contributed by atoms with Gasteiger partial charge in [-0.25, -0.2) is 0 Å². The molecule has 2 aromatic carbocycles. The number of carbonyl (C=O) groups is 2. The molecule has 1 heterocycles. The zero-order chi connectivity index (χ0) is 23.4. The first-order chi connectivity index (χ1) is 15.2. The van der Waals surface area contributed by atoms with E-state index in [4.69, 9.17) is 0 Å². The van der Waals surface area contributed by atoms with Crippen LogP contribution in [0.4, 0.5) is 0 Å². The summed E-state index contributed by atoms with van der Waals surface area (Å²) < 4.78 is 1.60. The number of nitrogens with one attached hydrogen (secondary N) is 1. The van der Waals surface area contributed by atoms with Crippen molar-refractivity contribution in [3.05, 3.63) is 91.0 Å². The van der Waals surface area contributed by atoms with Crippen LogP contribution in [0, 0.1) is 6.92 Å². The zero-order valence-electron chi connectivity index (χ0n) is 19.1. The summed E-state index contributed by atoms with van der Waals surface area (Å²) in [4.78, 5) is 39.1. The third kappa shape index (κ3) is 5.34. The van der Waals surface area contributed by atoms with Gasteiger partial charge in [-0.1, -0.05) is 61.6 Å². The third-order valence-corrected chi connectivity index (χ3v) is 6.48. The molecule has 0 atom stereocenters. The van der Waals surface area contributed by atoms with Gasteiger partial charge in [0.1, 0.15) is 4.88 Å². The molecule has 0 bridgehead atoms. The Bertz CT molecular complexity index is 1160. The van der Waals surface area contributed by atoms with Gasteiger partial charge >= 0.3 is 4.87 Å². The average molecular weight is 452 g/mol. The smallest absolute Gasteiger partial charge is 0.308 e. The summed E-state index contributed by atoms with van der Waals surface area (Å²) in [5.74, 6) is 0.143. The molecule has 32 heavy (non-hydrogen) atoms. The lowest BCUT2D eigenvalue weighted by atomic mass is 10.0. The highest BCUT2D eigenvalue weighted by Crippen LogP contribution is 2.17. The lowest BCUT2D eigenvalue weighted by Gasteiger charge is -2.11. The van der Waals surface area contributed by atoms with Crippen LogP contribution in [0.15, 0.2) is 53.3 Å².